The zero-order valence-electron chi connectivity index (χ0n) is 10.8. The van der Waals surface area contributed by atoms with Gasteiger partial charge >= 0.3 is 5.97 Å². The molecule has 0 aliphatic heterocycles. The van der Waals surface area contributed by atoms with Gasteiger partial charge in [-0.3, -0.25) is 14.8 Å². The van der Waals surface area contributed by atoms with Gasteiger partial charge in [-0.05, 0) is 25.8 Å². The lowest BCUT2D eigenvalue weighted by Gasteiger charge is -2.21. The minimum absolute atomic E-state index is 0.507. The van der Waals surface area contributed by atoms with Crippen LogP contribution in [0.3, 0.4) is 0 Å². The molecular formula is C13H21N3O2. The number of hydrogen-bond acceptors (Lipinski definition) is 3. The molecule has 1 fully saturated rings. The van der Waals surface area contributed by atoms with Gasteiger partial charge in [0, 0.05) is 12.7 Å². The van der Waals surface area contributed by atoms with Gasteiger partial charge in [-0.1, -0.05) is 19.3 Å². The summed E-state index contributed by atoms with van der Waals surface area (Å²) in [5.74, 6) is -0.832. The third-order valence-electron chi connectivity index (χ3n) is 3.57. The summed E-state index contributed by atoms with van der Waals surface area (Å²) in [5.41, 5.74) is 0.911. The quantitative estimate of drug-likeness (QED) is 0.839. The highest BCUT2D eigenvalue weighted by Crippen LogP contribution is 2.27. The Kier molecular flexibility index (Phi) is 4.36. The number of aromatic nitrogens is 2. The number of aliphatic carboxylic acids is 1. The van der Waals surface area contributed by atoms with Crippen LogP contribution in [0.1, 0.15) is 50.8 Å². The summed E-state index contributed by atoms with van der Waals surface area (Å²) < 4.78 is 2.04. The summed E-state index contributed by atoms with van der Waals surface area (Å²) in [6.07, 6.45) is 8.34. The van der Waals surface area contributed by atoms with Crippen molar-refractivity contribution in [1.82, 2.24) is 15.1 Å². The summed E-state index contributed by atoms with van der Waals surface area (Å²) in [5, 5.41) is 16.2. The standard InChI is InChI=1S/C13H21N3O2/c1-10(13(17)18)14-9-11-7-8-16(15-11)12-5-3-2-4-6-12/h7-8,10,12,14H,2-6,9H2,1H3,(H,17,18). The minimum Gasteiger partial charge on any atom is -0.480 e. The van der Waals surface area contributed by atoms with Crippen LogP contribution in [0.4, 0.5) is 0 Å². The average Bonchev–Trinajstić information content (AvgIpc) is 2.85. The van der Waals surface area contributed by atoms with Crippen LogP contribution in [-0.4, -0.2) is 26.9 Å². The Bertz CT molecular complexity index is 397. The molecule has 1 aliphatic carbocycles. The predicted octanol–water partition coefficient (Wildman–Crippen LogP) is 1.95. The van der Waals surface area contributed by atoms with Gasteiger partial charge in [-0.15, -0.1) is 0 Å². The summed E-state index contributed by atoms with van der Waals surface area (Å²) in [4.78, 5) is 10.7. The molecule has 1 heterocycles. The first-order valence-corrected chi connectivity index (χ1v) is 6.67. The first-order valence-electron chi connectivity index (χ1n) is 6.67. The summed E-state index contributed by atoms with van der Waals surface area (Å²) in [7, 11) is 0. The van der Waals surface area contributed by atoms with Crippen molar-refractivity contribution in [2.45, 2.75) is 57.7 Å². The smallest absolute Gasteiger partial charge is 0.320 e. The summed E-state index contributed by atoms with van der Waals surface area (Å²) >= 11 is 0. The van der Waals surface area contributed by atoms with Crippen LogP contribution in [0.25, 0.3) is 0 Å². The van der Waals surface area contributed by atoms with Crippen molar-refractivity contribution in [3.05, 3.63) is 18.0 Å². The zero-order valence-corrected chi connectivity index (χ0v) is 10.8. The number of rotatable bonds is 5. The van der Waals surface area contributed by atoms with Crippen LogP contribution in [0, 0.1) is 0 Å². The highest BCUT2D eigenvalue weighted by molar-refractivity contribution is 5.72. The van der Waals surface area contributed by atoms with E-state index in [4.69, 9.17) is 5.11 Å². The Balaban J connectivity index is 1.87. The van der Waals surface area contributed by atoms with Gasteiger partial charge in [0.05, 0.1) is 11.7 Å². The molecule has 1 atom stereocenters. The van der Waals surface area contributed by atoms with E-state index in [1.54, 1.807) is 6.92 Å². The molecule has 18 heavy (non-hydrogen) atoms. The highest BCUT2D eigenvalue weighted by atomic mass is 16.4. The van der Waals surface area contributed by atoms with Gasteiger partial charge in [0.15, 0.2) is 0 Å². The fourth-order valence-corrected chi connectivity index (χ4v) is 2.37. The van der Waals surface area contributed by atoms with Crippen LogP contribution >= 0.6 is 0 Å². The Morgan fingerprint density at radius 3 is 2.94 bits per heavy atom. The molecule has 1 aromatic heterocycles. The lowest BCUT2D eigenvalue weighted by atomic mass is 9.96. The normalized spacial score (nSPS) is 18.7. The van der Waals surface area contributed by atoms with Crippen molar-refractivity contribution in [3.63, 3.8) is 0 Å². The number of carbonyl (C=O) groups is 1. The van der Waals surface area contributed by atoms with Gasteiger partial charge in [-0.25, -0.2) is 0 Å². The van der Waals surface area contributed by atoms with Crippen LogP contribution < -0.4 is 5.32 Å². The Morgan fingerprint density at radius 1 is 1.56 bits per heavy atom. The van der Waals surface area contributed by atoms with Crippen molar-refractivity contribution in [3.8, 4) is 0 Å². The molecule has 1 aliphatic rings. The molecule has 2 rings (SSSR count). The molecule has 0 aromatic carbocycles. The van der Waals surface area contributed by atoms with E-state index in [9.17, 15) is 4.79 Å². The first-order chi connectivity index (χ1) is 8.66. The summed E-state index contributed by atoms with van der Waals surface area (Å²) in [6.45, 7) is 2.15. The Hall–Kier alpha value is -1.36. The predicted molar refractivity (Wildman–Crippen MR) is 68.3 cm³/mol. The van der Waals surface area contributed by atoms with Crippen LogP contribution in [-0.2, 0) is 11.3 Å². The van der Waals surface area contributed by atoms with E-state index >= 15 is 0 Å². The molecule has 1 saturated carbocycles. The maximum Gasteiger partial charge on any atom is 0.320 e. The van der Waals surface area contributed by atoms with E-state index in [-0.39, 0.29) is 0 Å². The van der Waals surface area contributed by atoms with Gasteiger partial charge in [0.25, 0.3) is 0 Å². The van der Waals surface area contributed by atoms with Crippen LogP contribution in [0.2, 0.25) is 0 Å². The van der Waals surface area contributed by atoms with Crippen molar-refractivity contribution < 1.29 is 9.90 Å². The fraction of sp³-hybridized carbons (Fsp3) is 0.692. The second kappa shape index (κ2) is 6.00. The van der Waals surface area contributed by atoms with Crippen molar-refractivity contribution in [2.24, 2.45) is 0 Å². The third kappa shape index (κ3) is 3.32. The Morgan fingerprint density at radius 2 is 2.28 bits per heavy atom. The van der Waals surface area contributed by atoms with Crippen molar-refractivity contribution in [1.29, 1.82) is 0 Å². The largest absolute Gasteiger partial charge is 0.480 e. The van der Waals surface area contributed by atoms with E-state index in [1.165, 1.54) is 32.1 Å². The highest BCUT2D eigenvalue weighted by Gasteiger charge is 2.16. The van der Waals surface area contributed by atoms with Gasteiger partial charge < -0.3 is 5.11 Å². The molecule has 0 radical (unpaired) electrons. The molecule has 100 valence electrons. The number of carboxylic acids is 1. The number of carboxylic acid groups (broad SMARTS) is 1. The second-order valence-electron chi connectivity index (χ2n) is 5.02. The topological polar surface area (TPSA) is 67.2 Å². The molecule has 2 N–H and O–H groups in total. The lowest BCUT2D eigenvalue weighted by Crippen LogP contribution is -2.33. The van der Waals surface area contributed by atoms with Crippen molar-refractivity contribution in [2.75, 3.05) is 0 Å². The lowest BCUT2D eigenvalue weighted by molar-refractivity contribution is -0.139. The van der Waals surface area contributed by atoms with Gasteiger partial charge in [0.2, 0.25) is 0 Å². The van der Waals surface area contributed by atoms with Gasteiger partial charge in [0.1, 0.15) is 6.04 Å². The molecule has 5 nitrogen and oxygen atoms in total. The monoisotopic (exact) mass is 251 g/mol. The maximum atomic E-state index is 10.7. The molecular weight excluding hydrogens is 230 g/mol. The van der Waals surface area contributed by atoms with E-state index < -0.39 is 12.0 Å². The number of nitrogens with one attached hydrogen (secondary N) is 1. The van der Waals surface area contributed by atoms with Crippen molar-refractivity contribution >= 4 is 5.97 Å². The van der Waals surface area contributed by atoms with E-state index in [0.717, 1.165) is 5.69 Å². The molecule has 0 amide bonds. The summed E-state index contributed by atoms with van der Waals surface area (Å²) in [6, 6.07) is 1.96. The molecule has 5 heteroatoms. The van der Waals surface area contributed by atoms with E-state index in [2.05, 4.69) is 10.4 Å². The first kappa shape index (κ1) is 13.1. The Labute approximate surface area is 107 Å². The van der Waals surface area contributed by atoms with E-state index in [0.29, 0.717) is 12.6 Å². The van der Waals surface area contributed by atoms with Gasteiger partial charge in [-0.2, -0.15) is 5.10 Å². The molecule has 1 aromatic rings. The third-order valence-corrected chi connectivity index (χ3v) is 3.57. The minimum atomic E-state index is -0.832. The fourth-order valence-electron chi connectivity index (χ4n) is 2.37. The second-order valence-corrected chi connectivity index (χ2v) is 5.02. The van der Waals surface area contributed by atoms with Crippen LogP contribution in [0.5, 0.6) is 0 Å². The molecule has 0 spiro atoms. The number of nitrogens with zero attached hydrogens (tertiary/aromatic N) is 2. The maximum absolute atomic E-state index is 10.7. The van der Waals surface area contributed by atoms with E-state index in [1.807, 2.05) is 16.9 Å². The van der Waals surface area contributed by atoms with Crippen LogP contribution in [0.15, 0.2) is 12.3 Å². The average molecular weight is 251 g/mol. The number of hydrogen-bond donors (Lipinski definition) is 2. The SMILES string of the molecule is CC(NCc1ccn(C2CCCCC2)n1)C(=O)O. The zero-order chi connectivity index (χ0) is 13.0. The molecule has 0 bridgehead atoms. The molecule has 1 unspecified atom stereocenters. The molecule has 0 saturated heterocycles.